The van der Waals surface area contributed by atoms with Gasteiger partial charge >= 0.3 is 0 Å². The predicted octanol–water partition coefficient (Wildman–Crippen LogP) is 3.04. The molecular formula is C17H23NO2. The highest BCUT2D eigenvalue weighted by atomic mass is 16.3. The van der Waals surface area contributed by atoms with E-state index in [1.54, 1.807) is 0 Å². The summed E-state index contributed by atoms with van der Waals surface area (Å²) < 4.78 is 0. The fourth-order valence-electron chi connectivity index (χ4n) is 2.62. The molecule has 1 atom stereocenters. The molecule has 1 unspecified atom stereocenters. The van der Waals surface area contributed by atoms with Crippen LogP contribution in [0.15, 0.2) is 35.9 Å². The molecule has 0 aromatic heterocycles. The fourth-order valence-corrected chi connectivity index (χ4v) is 2.62. The van der Waals surface area contributed by atoms with E-state index in [9.17, 15) is 9.90 Å². The number of benzene rings is 1. The number of amides is 1. The Labute approximate surface area is 120 Å². The number of rotatable bonds is 5. The predicted molar refractivity (Wildman–Crippen MR) is 80.3 cm³/mol. The maximum atomic E-state index is 11.9. The topological polar surface area (TPSA) is 49.3 Å². The van der Waals surface area contributed by atoms with Gasteiger partial charge in [-0.15, -0.1) is 0 Å². The molecule has 1 aliphatic carbocycles. The second kappa shape index (κ2) is 7.25. The van der Waals surface area contributed by atoms with Gasteiger partial charge in [-0.3, -0.25) is 4.79 Å². The average molecular weight is 273 g/mol. The number of allylic oxidation sites excluding steroid dienone is 1. The zero-order valence-electron chi connectivity index (χ0n) is 12.1. The van der Waals surface area contributed by atoms with E-state index in [-0.39, 0.29) is 12.5 Å². The Morgan fingerprint density at radius 2 is 2.15 bits per heavy atom. The first kappa shape index (κ1) is 14.8. The number of aliphatic hydroxyl groups is 1. The molecule has 1 aromatic carbocycles. The summed E-state index contributed by atoms with van der Waals surface area (Å²) in [6, 6.07) is 7.71. The molecule has 2 rings (SSSR count). The Bertz CT molecular complexity index is 494. The average Bonchev–Trinajstić information content (AvgIpc) is 2.46. The summed E-state index contributed by atoms with van der Waals surface area (Å²) in [4.78, 5) is 11.9. The third-order valence-corrected chi connectivity index (χ3v) is 3.81. The number of aliphatic hydroxyl groups excluding tert-OH is 1. The minimum absolute atomic E-state index is 0.00536. The third-order valence-electron chi connectivity index (χ3n) is 3.81. The molecule has 0 fully saturated rings. The quantitative estimate of drug-likeness (QED) is 0.810. The van der Waals surface area contributed by atoms with Crippen molar-refractivity contribution in [1.82, 2.24) is 5.32 Å². The van der Waals surface area contributed by atoms with Crippen molar-refractivity contribution in [3.63, 3.8) is 0 Å². The van der Waals surface area contributed by atoms with Crippen LogP contribution in [0.2, 0.25) is 0 Å². The van der Waals surface area contributed by atoms with Crippen molar-refractivity contribution in [2.24, 2.45) is 0 Å². The van der Waals surface area contributed by atoms with E-state index in [0.29, 0.717) is 6.42 Å². The molecule has 108 valence electrons. The van der Waals surface area contributed by atoms with E-state index >= 15 is 0 Å². The molecule has 0 radical (unpaired) electrons. The summed E-state index contributed by atoms with van der Waals surface area (Å²) >= 11 is 0. The first-order chi connectivity index (χ1) is 9.66. The molecule has 2 N–H and O–H groups in total. The Morgan fingerprint density at radius 3 is 2.85 bits per heavy atom. The van der Waals surface area contributed by atoms with E-state index in [4.69, 9.17) is 0 Å². The van der Waals surface area contributed by atoms with Crippen LogP contribution in [-0.4, -0.2) is 17.6 Å². The Kier molecular flexibility index (Phi) is 5.36. The summed E-state index contributed by atoms with van der Waals surface area (Å²) in [6.07, 6.45) is 6.56. The summed E-state index contributed by atoms with van der Waals surface area (Å²) in [7, 11) is 0. The van der Waals surface area contributed by atoms with E-state index in [1.807, 2.05) is 31.2 Å². The molecule has 1 aromatic rings. The number of carbonyl (C=O) groups is 1. The molecule has 0 saturated carbocycles. The van der Waals surface area contributed by atoms with Crippen LogP contribution >= 0.6 is 0 Å². The van der Waals surface area contributed by atoms with Gasteiger partial charge < -0.3 is 10.4 Å². The Hall–Kier alpha value is -1.61. The molecular weight excluding hydrogens is 250 g/mol. The molecule has 0 bridgehead atoms. The fraction of sp³-hybridized carbons (Fsp3) is 0.471. The first-order valence-electron chi connectivity index (χ1n) is 7.35. The van der Waals surface area contributed by atoms with Crippen LogP contribution in [0.5, 0.6) is 0 Å². The van der Waals surface area contributed by atoms with Crippen molar-refractivity contribution in [1.29, 1.82) is 0 Å². The van der Waals surface area contributed by atoms with Gasteiger partial charge in [0, 0.05) is 13.0 Å². The Balaban J connectivity index is 1.81. The molecule has 0 aliphatic heterocycles. The molecule has 0 saturated heterocycles. The maximum Gasteiger partial charge on any atom is 0.224 e. The van der Waals surface area contributed by atoms with E-state index in [1.165, 1.54) is 18.4 Å². The van der Waals surface area contributed by atoms with Gasteiger partial charge in [0.2, 0.25) is 5.91 Å². The highest BCUT2D eigenvalue weighted by molar-refractivity contribution is 5.78. The minimum atomic E-state index is -0.638. The minimum Gasteiger partial charge on any atom is -0.387 e. The van der Waals surface area contributed by atoms with Gasteiger partial charge in [0.15, 0.2) is 0 Å². The number of hydrogen-bond acceptors (Lipinski definition) is 2. The lowest BCUT2D eigenvalue weighted by molar-refractivity contribution is -0.120. The van der Waals surface area contributed by atoms with Gasteiger partial charge in [0.1, 0.15) is 0 Å². The van der Waals surface area contributed by atoms with Crippen molar-refractivity contribution in [2.75, 3.05) is 6.54 Å². The normalized spacial score (nSPS) is 16.4. The van der Waals surface area contributed by atoms with Gasteiger partial charge in [-0.1, -0.05) is 35.9 Å². The summed E-state index contributed by atoms with van der Waals surface area (Å²) in [5, 5.41) is 13.0. The van der Waals surface area contributed by atoms with E-state index in [0.717, 1.165) is 24.0 Å². The second-order valence-electron chi connectivity index (χ2n) is 5.46. The summed E-state index contributed by atoms with van der Waals surface area (Å²) in [6.45, 7) is 2.24. The monoisotopic (exact) mass is 273 g/mol. The maximum absolute atomic E-state index is 11.9. The van der Waals surface area contributed by atoms with Gasteiger partial charge in [0.05, 0.1) is 6.10 Å². The lowest BCUT2D eigenvalue weighted by Gasteiger charge is -2.16. The van der Waals surface area contributed by atoms with Gasteiger partial charge in [-0.2, -0.15) is 0 Å². The van der Waals surface area contributed by atoms with E-state index < -0.39 is 6.10 Å². The standard InChI is InChI=1S/C17H23NO2/c1-13-7-5-6-10-15(13)16(19)12-18-17(20)11-14-8-3-2-4-9-14/h5-8,10,16,19H,2-4,9,11-12H2,1H3,(H,18,20). The van der Waals surface area contributed by atoms with Crippen LogP contribution in [0.25, 0.3) is 0 Å². The van der Waals surface area contributed by atoms with Crippen LogP contribution in [0.4, 0.5) is 0 Å². The highest BCUT2D eigenvalue weighted by Crippen LogP contribution is 2.20. The van der Waals surface area contributed by atoms with Crippen molar-refractivity contribution in [2.45, 2.75) is 45.1 Å². The van der Waals surface area contributed by atoms with Crippen molar-refractivity contribution < 1.29 is 9.90 Å². The molecule has 0 spiro atoms. The summed E-state index contributed by atoms with van der Waals surface area (Å²) in [5.74, 6) is 0.00536. The number of carbonyl (C=O) groups excluding carboxylic acids is 1. The molecule has 3 heteroatoms. The molecule has 20 heavy (non-hydrogen) atoms. The summed E-state index contributed by atoms with van der Waals surface area (Å²) in [5.41, 5.74) is 3.16. The van der Waals surface area contributed by atoms with Crippen LogP contribution < -0.4 is 5.32 Å². The van der Waals surface area contributed by atoms with Crippen molar-refractivity contribution in [3.05, 3.63) is 47.0 Å². The highest BCUT2D eigenvalue weighted by Gasteiger charge is 2.13. The van der Waals surface area contributed by atoms with Crippen molar-refractivity contribution >= 4 is 5.91 Å². The van der Waals surface area contributed by atoms with Gasteiger partial charge in [0.25, 0.3) is 0 Å². The lowest BCUT2D eigenvalue weighted by atomic mass is 9.97. The lowest BCUT2D eigenvalue weighted by Crippen LogP contribution is -2.28. The zero-order valence-corrected chi connectivity index (χ0v) is 12.1. The smallest absolute Gasteiger partial charge is 0.224 e. The van der Waals surface area contributed by atoms with Crippen LogP contribution in [-0.2, 0) is 4.79 Å². The number of hydrogen-bond donors (Lipinski definition) is 2. The van der Waals surface area contributed by atoms with Crippen LogP contribution in [0.1, 0.15) is 49.3 Å². The van der Waals surface area contributed by atoms with Gasteiger partial charge in [-0.25, -0.2) is 0 Å². The van der Waals surface area contributed by atoms with Crippen molar-refractivity contribution in [3.8, 4) is 0 Å². The third kappa shape index (κ3) is 4.20. The zero-order chi connectivity index (χ0) is 14.4. The molecule has 0 heterocycles. The number of aryl methyl sites for hydroxylation is 1. The first-order valence-corrected chi connectivity index (χ1v) is 7.35. The number of nitrogens with one attached hydrogen (secondary N) is 1. The van der Waals surface area contributed by atoms with Gasteiger partial charge in [-0.05, 0) is 43.7 Å². The molecule has 3 nitrogen and oxygen atoms in total. The van der Waals surface area contributed by atoms with Crippen LogP contribution in [0, 0.1) is 6.92 Å². The van der Waals surface area contributed by atoms with Crippen LogP contribution in [0.3, 0.4) is 0 Å². The molecule has 1 aliphatic rings. The van der Waals surface area contributed by atoms with E-state index in [2.05, 4.69) is 11.4 Å². The second-order valence-corrected chi connectivity index (χ2v) is 5.46. The largest absolute Gasteiger partial charge is 0.387 e. The SMILES string of the molecule is Cc1ccccc1C(O)CNC(=O)CC1=CCCCC1. The Morgan fingerprint density at radius 1 is 1.35 bits per heavy atom. The molecule has 1 amide bonds.